The van der Waals surface area contributed by atoms with Gasteiger partial charge in [0.2, 0.25) is 0 Å². The monoisotopic (exact) mass is 334 g/mol. The minimum atomic E-state index is -0.215. The Bertz CT molecular complexity index is 702. The summed E-state index contributed by atoms with van der Waals surface area (Å²) in [4.78, 5) is 16.6. The first-order valence-corrected chi connectivity index (χ1v) is 7.90. The second-order valence-electron chi connectivity index (χ2n) is 5.81. The zero-order valence-corrected chi connectivity index (χ0v) is 13.9. The molecule has 122 valence electrons. The van der Waals surface area contributed by atoms with Gasteiger partial charge >= 0.3 is 0 Å². The molecule has 23 heavy (non-hydrogen) atoms. The number of aryl methyl sites for hydroxylation is 2. The van der Waals surface area contributed by atoms with Gasteiger partial charge in [0.15, 0.2) is 0 Å². The molecule has 2 aromatic rings. The second-order valence-corrected chi connectivity index (χ2v) is 6.19. The van der Waals surface area contributed by atoms with Crippen molar-refractivity contribution in [2.24, 2.45) is 13.0 Å². The van der Waals surface area contributed by atoms with Crippen molar-refractivity contribution in [2.45, 2.75) is 19.4 Å². The number of amides is 1. The van der Waals surface area contributed by atoms with Crippen LogP contribution in [-0.2, 0) is 18.2 Å². The van der Waals surface area contributed by atoms with Crippen LogP contribution in [0.25, 0.3) is 0 Å². The molecule has 0 aromatic carbocycles. The normalized spacial score (nSPS) is 20.7. The van der Waals surface area contributed by atoms with Gasteiger partial charge in [-0.3, -0.25) is 14.5 Å². The highest BCUT2D eigenvalue weighted by Gasteiger charge is 2.31. The lowest BCUT2D eigenvalue weighted by Crippen LogP contribution is -2.41. The van der Waals surface area contributed by atoms with Crippen molar-refractivity contribution < 1.29 is 9.53 Å². The van der Waals surface area contributed by atoms with Crippen molar-refractivity contribution in [1.29, 1.82) is 0 Å². The van der Waals surface area contributed by atoms with Crippen molar-refractivity contribution in [3.8, 4) is 0 Å². The van der Waals surface area contributed by atoms with Crippen LogP contribution in [0.5, 0.6) is 0 Å². The SMILES string of the molecule is Cc1nn(C)c(C(=O)N[C@@H]2COC[C@H]2Cc2ccncc2)c1Cl. The topological polar surface area (TPSA) is 69.0 Å². The summed E-state index contributed by atoms with van der Waals surface area (Å²) in [5.41, 5.74) is 2.22. The summed E-state index contributed by atoms with van der Waals surface area (Å²) in [6, 6.07) is 3.93. The molecule has 1 aliphatic rings. The largest absolute Gasteiger partial charge is 0.379 e. The van der Waals surface area contributed by atoms with E-state index in [4.69, 9.17) is 16.3 Å². The first-order valence-electron chi connectivity index (χ1n) is 7.53. The van der Waals surface area contributed by atoms with Gasteiger partial charge in [-0.05, 0) is 31.0 Å². The van der Waals surface area contributed by atoms with Crippen molar-refractivity contribution in [1.82, 2.24) is 20.1 Å². The maximum absolute atomic E-state index is 12.5. The molecule has 0 spiro atoms. The lowest BCUT2D eigenvalue weighted by molar-refractivity contribution is 0.0915. The smallest absolute Gasteiger partial charge is 0.271 e. The van der Waals surface area contributed by atoms with Crippen LogP contribution in [0.3, 0.4) is 0 Å². The highest BCUT2D eigenvalue weighted by molar-refractivity contribution is 6.34. The molecular formula is C16H19ClN4O2. The lowest BCUT2D eigenvalue weighted by Gasteiger charge is -2.19. The van der Waals surface area contributed by atoms with Crippen molar-refractivity contribution >= 4 is 17.5 Å². The third-order valence-electron chi connectivity index (χ3n) is 4.13. The van der Waals surface area contributed by atoms with Gasteiger partial charge in [0.1, 0.15) is 5.69 Å². The van der Waals surface area contributed by atoms with Gasteiger partial charge in [0.05, 0.1) is 30.0 Å². The molecule has 1 N–H and O–H groups in total. The second kappa shape index (κ2) is 6.68. The molecule has 2 atom stereocenters. The van der Waals surface area contributed by atoms with E-state index in [1.165, 1.54) is 10.2 Å². The van der Waals surface area contributed by atoms with Crippen LogP contribution in [0.4, 0.5) is 0 Å². The first-order chi connectivity index (χ1) is 11.1. The molecule has 3 heterocycles. The summed E-state index contributed by atoms with van der Waals surface area (Å²) in [6.07, 6.45) is 4.39. The Morgan fingerprint density at radius 2 is 2.17 bits per heavy atom. The number of hydrogen-bond donors (Lipinski definition) is 1. The Kier molecular flexibility index (Phi) is 4.63. The molecule has 0 unspecified atom stereocenters. The predicted molar refractivity (Wildman–Crippen MR) is 86.5 cm³/mol. The summed E-state index contributed by atoms with van der Waals surface area (Å²) < 4.78 is 7.07. The third kappa shape index (κ3) is 3.38. The Labute approximate surface area is 139 Å². The third-order valence-corrected chi connectivity index (χ3v) is 4.58. The fourth-order valence-electron chi connectivity index (χ4n) is 2.90. The number of halogens is 1. The summed E-state index contributed by atoms with van der Waals surface area (Å²) in [5.74, 6) is 0.0165. The maximum Gasteiger partial charge on any atom is 0.271 e. The van der Waals surface area contributed by atoms with E-state index in [2.05, 4.69) is 15.4 Å². The zero-order chi connectivity index (χ0) is 16.4. The van der Waals surface area contributed by atoms with Gasteiger partial charge in [-0.2, -0.15) is 5.10 Å². The maximum atomic E-state index is 12.5. The van der Waals surface area contributed by atoms with Gasteiger partial charge in [0, 0.05) is 25.4 Å². The van der Waals surface area contributed by atoms with Gasteiger partial charge in [-0.25, -0.2) is 0 Å². The average molecular weight is 335 g/mol. The molecule has 0 aliphatic carbocycles. The number of ether oxygens (including phenoxy) is 1. The molecule has 2 aromatic heterocycles. The quantitative estimate of drug-likeness (QED) is 0.925. The number of hydrogen-bond acceptors (Lipinski definition) is 4. The van der Waals surface area contributed by atoms with Crippen LogP contribution in [0, 0.1) is 12.8 Å². The van der Waals surface area contributed by atoms with Crippen molar-refractivity contribution in [2.75, 3.05) is 13.2 Å². The van der Waals surface area contributed by atoms with Gasteiger partial charge in [-0.15, -0.1) is 0 Å². The minimum Gasteiger partial charge on any atom is -0.379 e. The molecule has 6 nitrogen and oxygen atoms in total. The van der Waals surface area contributed by atoms with Crippen LogP contribution < -0.4 is 5.32 Å². The molecule has 3 rings (SSSR count). The average Bonchev–Trinajstić information content (AvgIpc) is 3.05. The van der Waals surface area contributed by atoms with E-state index < -0.39 is 0 Å². The Balaban J connectivity index is 1.70. The number of carbonyl (C=O) groups excluding carboxylic acids is 1. The van der Waals surface area contributed by atoms with Crippen molar-refractivity contribution in [3.63, 3.8) is 0 Å². The van der Waals surface area contributed by atoms with E-state index in [0.717, 1.165) is 6.42 Å². The Hall–Kier alpha value is -1.92. The van der Waals surface area contributed by atoms with E-state index in [0.29, 0.717) is 29.6 Å². The van der Waals surface area contributed by atoms with E-state index >= 15 is 0 Å². The van der Waals surface area contributed by atoms with Crippen LogP contribution in [0.1, 0.15) is 21.7 Å². The van der Waals surface area contributed by atoms with Gasteiger partial charge in [0.25, 0.3) is 5.91 Å². The number of nitrogens with zero attached hydrogens (tertiary/aromatic N) is 3. The number of aromatic nitrogens is 3. The van der Waals surface area contributed by atoms with Crippen LogP contribution in [0.15, 0.2) is 24.5 Å². The lowest BCUT2D eigenvalue weighted by atomic mass is 9.95. The van der Waals surface area contributed by atoms with E-state index in [1.807, 2.05) is 12.1 Å². The van der Waals surface area contributed by atoms with Gasteiger partial charge < -0.3 is 10.1 Å². The number of rotatable bonds is 4. The highest BCUT2D eigenvalue weighted by Crippen LogP contribution is 2.22. The summed E-state index contributed by atoms with van der Waals surface area (Å²) >= 11 is 6.18. The summed E-state index contributed by atoms with van der Waals surface area (Å²) in [6.45, 7) is 2.92. The minimum absolute atomic E-state index is 0.0399. The molecule has 0 bridgehead atoms. The number of carbonyl (C=O) groups is 1. The Morgan fingerprint density at radius 1 is 1.43 bits per heavy atom. The molecule has 0 radical (unpaired) electrons. The van der Waals surface area contributed by atoms with Crippen LogP contribution in [-0.4, -0.2) is 39.9 Å². The molecule has 1 saturated heterocycles. The number of nitrogens with one attached hydrogen (secondary N) is 1. The van der Waals surface area contributed by atoms with Crippen LogP contribution >= 0.6 is 11.6 Å². The standard InChI is InChI=1S/C16H19ClN4O2/c1-10-14(17)15(21(2)20-10)16(22)19-13-9-23-8-12(13)7-11-3-5-18-6-4-11/h3-6,12-13H,7-9H2,1-2H3,(H,19,22)/t12-,13-/m1/s1. The highest BCUT2D eigenvalue weighted by atomic mass is 35.5. The first kappa shape index (κ1) is 16.0. The summed E-state index contributed by atoms with van der Waals surface area (Å²) in [5, 5.41) is 7.61. The molecular weight excluding hydrogens is 316 g/mol. The van der Waals surface area contributed by atoms with E-state index in [9.17, 15) is 4.79 Å². The van der Waals surface area contributed by atoms with E-state index in [1.54, 1.807) is 26.4 Å². The molecule has 7 heteroatoms. The summed E-state index contributed by atoms with van der Waals surface area (Å²) in [7, 11) is 1.72. The molecule has 1 aliphatic heterocycles. The molecule has 1 amide bonds. The fraction of sp³-hybridized carbons (Fsp3) is 0.438. The van der Waals surface area contributed by atoms with Crippen molar-refractivity contribution in [3.05, 3.63) is 46.5 Å². The molecule has 0 saturated carbocycles. The molecule has 1 fully saturated rings. The number of pyridine rings is 1. The fourth-order valence-corrected chi connectivity index (χ4v) is 3.14. The zero-order valence-electron chi connectivity index (χ0n) is 13.1. The predicted octanol–water partition coefficient (Wildman–Crippen LogP) is 1.76. The van der Waals surface area contributed by atoms with E-state index in [-0.39, 0.29) is 17.9 Å². The van der Waals surface area contributed by atoms with Crippen LogP contribution in [0.2, 0.25) is 5.02 Å². The Morgan fingerprint density at radius 3 is 2.83 bits per heavy atom. The van der Waals surface area contributed by atoms with Gasteiger partial charge in [-0.1, -0.05) is 11.6 Å².